The molecule has 0 saturated carbocycles. The molecular formula is C24H29N5OS. The van der Waals surface area contributed by atoms with Gasteiger partial charge in [-0.3, -0.25) is 10.2 Å². The zero-order chi connectivity index (χ0) is 21.7. The lowest BCUT2D eigenvalue weighted by Crippen LogP contribution is -2.45. The van der Waals surface area contributed by atoms with E-state index in [-0.39, 0.29) is 17.5 Å². The number of rotatable bonds is 6. The summed E-state index contributed by atoms with van der Waals surface area (Å²) < 4.78 is 0. The highest BCUT2D eigenvalue weighted by Gasteiger charge is 2.28. The van der Waals surface area contributed by atoms with E-state index in [4.69, 9.17) is 0 Å². The molecule has 2 aromatic carbocycles. The number of anilines is 1. The number of nitrogens with one attached hydrogen (secondary N) is 2. The van der Waals surface area contributed by atoms with Crippen LogP contribution in [0.15, 0.2) is 60.7 Å². The molecule has 2 heterocycles. The number of hydrogen-bond acceptors (Lipinski definition) is 5. The van der Waals surface area contributed by atoms with Gasteiger partial charge in [0.1, 0.15) is 5.01 Å². The molecular weight excluding hydrogens is 406 g/mol. The maximum atomic E-state index is 12.5. The molecule has 6 nitrogen and oxygen atoms in total. The van der Waals surface area contributed by atoms with Gasteiger partial charge in [-0.05, 0) is 37.8 Å². The molecule has 4 rings (SSSR count). The minimum absolute atomic E-state index is 0.181. The monoisotopic (exact) mass is 435 g/mol. The number of amides is 2. The molecule has 0 atom stereocenters. The molecule has 7 heteroatoms. The van der Waals surface area contributed by atoms with Gasteiger partial charge in [0.15, 0.2) is 0 Å². The van der Waals surface area contributed by atoms with E-state index in [1.165, 1.54) is 22.5 Å². The Morgan fingerprint density at radius 3 is 2.35 bits per heavy atom. The zero-order valence-electron chi connectivity index (χ0n) is 18.0. The van der Waals surface area contributed by atoms with Gasteiger partial charge in [-0.15, -0.1) is 10.2 Å². The maximum absolute atomic E-state index is 12.5. The summed E-state index contributed by atoms with van der Waals surface area (Å²) in [4.78, 5) is 14.9. The molecule has 0 radical (unpaired) electrons. The predicted molar refractivity (Wildman–Crippen MR) is 125 cm³/mol. The van der Waals surface area contributed by atoms with Crippen molar-refractivity contribution in [3.8, 4) is 0 Å². The van der Waals surface area contributed by atoms with Crippen LogP contribution in [-0.4, -0.2) is 40.3 Å². The summed E-state index contributed by atoms with van der Waals surface area (Å²) >= 11 is 1.42. The SMILES string of the molecule is CC(C)(c1ccccc1)c1nnc(NC(=O)NC2CCN(Cc3ccccc3)CC2)s1. The van der Waals surface area contributed by atoms with Crippen LogP contribution in [0.5, 0.6) is 0 Å². The number of carbonyl (C=O) groups excluding carboxylic acids is 1. The number of piperidine rings is 1. The largest absolute Gasteiger partial charge is 0.335 e. The first-order valence-electron chi connectivity index (χ1n) is 10.7. The van der Waals surface area contributed by atoms with Gasteiger partial charge in [0.25, 0.3) is 0 Å². The Bertz CT molecular complexity index is 981. The summed E-state index contributed by atoms with van der Waals surface area (Å²) in [6, 6.07) is 20.7. The third-order valence-electron chi connectivity index (χ3n) is 5.85. The van der Waals surface area contributed by atoms with E-state index in [9.17, 15) is 4.79 Å². The first-order valence-corrected chi connectivity index (χ1v) is 11.6. The van der Waals surface area contributed by atoms with Crippen LogP contribution in [0.4, 0.5) is 9.93 Å². The molecule has 162 valence electrons. The molecule has 1 aliphatic heterocycles. The van der Waals surface area contributed by atoms with Gasteiger partial charge in [0.05, 0.1) is 0 Å². The number of aromatic nitrogens is 2. The van der Waals surface area contributed by atoms with Gasteiger partial charge in [0, 0.05) is 31.1 Å². The minimum Gasteiger partial charge on any atom is -0.335 e. The van der Waals surface area contributed by atoms with Crippen molar-refractivity contribution in [3.05, 3.63) is 76.8 Å². The quantitative estimate of drug-likeness (QED) is 0.591. The molecule has 1 aromatic heterocycles. The summed E-state index contributed by atoms with van der Waals surface area (Å²) in [6.07, 6.45) is 1.89. The smallest absolute Gasteiger partial charge is 0.321 e. The van der Waals surface area contributed by atoms with Crippen LogP contribution in [0, 0.1) is 0 Å². The molecule has 0 spiro atoms. The van der Waals surface area contributed by atoms with E-state index in [1.807, 2.05) is 24.3 Å². The van der Waals surface area contributed by atoms with Gasteiger partial charge in [-0.2, -0.15) is 0 Å². The normalized spacial score (nSPS) is 15.5. The fraction of sp³-hybridized carbons (Fsp3) is 0.375. The van der Waals surface area contributed by atoms with Crippen molar-refractivity contribution in [2.24, 2.45) is 0 Å². The molecule has 0 unspecified atom stereocenters. The fourth-order valence-corrected chi connectivity index (χ4v) is 4.76. The van der Waals surface area contributed by atoms with E-state index in [0.29, 0.717) is 5.13 Å². The van der Waals surface area contributed by atoms with Crippen molar-refractivity contribution >= 4 is 22.5 Å². The van der Waals surface area contributed by atoms with Gasteiger partial charge < -0.3 is 5.32 Å². The summed E-state index contributed by atoms with van der Waals surface area (Å²) in [5.74, 6) is 0. The summed E-state index contributed by atoms with van der Waals surface area (Å²) in [5.41, 5.74) is 2.24. The van der Waals surface area contributed by atoms with Gasteiger partial charge in [0.2, 0.25) is 5.13 Å². The zero-order valence-corrected chi connectivity index (χ0v) is 18.9. The number of hydrogen-bond donors (Lipinski definition) is 2. The molecule has 2 N–H and O–H groups in total. The lowest BCUT2D eigenvalue weighted by Gasteiger charge is -2.32. The predicted octanol–water partition coefficient (Wildman–Crippen LogP) is 4.65. The number of carbonyl (C=O) groups is 1. The van der Waals surface area contributed by atoms with Gasteiger partial charge in [-0.1, -0.05) is 72.0 Å². The molecule has 1 saturated heterocycles. The number of likely N-dealkylation sites (tertiary alicyclic amines) is 1. The topological polar surface area (TPSA) is 70.1 Å². The Morgan fingerprint density at radius 2 is 1.68 bits per heavy atom. The molecule has 1 aliphatic rings. The van der Waals surface area contributed by atoms with Crippen LogP contribution in [0.1, 0.15) is 42.8 Å². The third-order valence-corrected chi connectivity index (χ3v) is 7.01. The van der Waals surface area contributed by atoms with Crippen LogP contribution in [-0.2, 0) is 12.0 Å². The maximum Gasteiger partial charge on any atom is 0.321 e. The molecule has 3 aromatic rings. The van der Waals surface area contributed by atoms with Gasteiger partial charge >= 0.3 is 6.03 Å². The molecule has 2 amide bonds. The lowest BCUT2D eigenvalue weighted by atomic mass is 9.85. The van der Waals surface area contributed by atoms with Gasteiger partial charge in [-0.25, -0.2) is 4.79 Å². The summed E-state index contributed by atoms with van der Waals surface area (Å²) in [7, 11) is 0. The summed E-state index contributed by atoms with van der Waals surface area (Å²) in [5, 5.41) is 15.9. The molecule has 1 fully saturated rings. The average Bonchev–Trinajstić information content (AvgIpc) is 3.26. The Hall–Kier alpha value is -2.77. The minimum atomic E-state index is -0.263. The standard InChI is InChI=1S/C24H29N5OS/c1-24(2,19-11-7-4-8-12-19)21-27-28-23(31-21)26-22(30)25-20-13-15-29(16-14-20)17-18-9-5-3-6-10-18/h3-12,20H,13-17H2,1-2H3,(H2,25,26,28,30). The van der Waals surface area contributed by atoms with E-state index in [0.717, 1.165) is 37.5 Å². The van der Waals surface area contributed by atoms with E-state index in [1.54, 1.807) is 0 Å². The fourth-order valence-electron chi connectivity index (χ4n) is 3.90. The first kappa shape index (κ1) is 21.5. The number of urea groups is 1. The van der Waals surface area contributed by atoms with Crippen LogP contribution in [0.2, 0.25) is 0 Å². The number of nitrogens with zero attached hydrogens (tertiary/aromatic N) is 3. The van der Waals surface area contributed by atoms with Crippen molar-refractivity contribution in [1.29, 1.82) is 0 Å². The van der Waals surface area contributed by atoms with Crippen LogP contribution >= 0.6 is 11.3 Å². The Kier molecular flexibility index (Phi) is 6.63. The highest BCUT2D eigenvalue weighted by Crippen LogP contribution is 2.34. The number of benzene rings is 2. The van der Waals surface area contributed by atoms with E-state index < -0.39 is 0 Å². The van der Waals surface area contributed by atoms with E-state index in [2.05, 4.69) is 76.0 Å². The summed E-state index contributed by atoms with van der Waals surface area (Å²) in [6.45, 7) is 7.17. The molecule has 0 bridgehead atoms. The highest BCUT2D eigenvalue weighted by molar-refractivity contribution is 7.15. The molecule has 0 aliphatic carbocycles. The van der Waals surface area contributed by atoms with Crippen LogP contribution in [0.3, 0.4) is 0 Å². The second kappa shape index (κ2) is 9.58. The lowest BCUT2D eigenvalue weighted by molar-refractivity contribution is 0.190. The Labute approximate surface area is 187 Å². The van der Waals surface area contributed by atoms with Crippen molar-refractivity contribution in [1.82, 2.24) is 20.4 Å². The Balaban J connectivity index is 1.26. The van der Waals surface area contributed by atoms with Crippen molar-refractivity contribution < 1.29 is 4.79 Å². The highest BCUT2D eigenvalue weighted by atomic mass is 32.1. The van der Waals surface area contributed by atoms with Crippen molar-refractivity contribution in [2.75, 3.05) is 18.4 Å². The third kappa shape index (κ3) is 5.48. The van der Waals surface area contributed by atoms with Crippen LogP contribution < -0.4 is 10.6 Å². The van der Waals surface area contributed by atoms with Crippen molar-refractivity contribution in [2.45, 2.75) is 44.7 Å². The van der Waals surface area contributed by atoms with Crippen LogP contribution in [0.25, 0.3) is 0 Å². The average molecular weight is 436 g/mol. The second-order valence-corrected chi connectivity index (χ2v) is 9.52. The van der Waals surface area contributed by atoms with Crippen molar-refractivity contribution in [3.63, 3.8) is 0 Å². The molecule has 31 heavy (non-hydrogen) atoms. The van der Waals surface area contributed by atoms with E-state index >= 15 is 0 Å². The first-order chi connectivity index (χ1) is 15.0. The Morgan fingerprint density at radius 1 is 1.03 bits per heavy atom. The second-order valence-electron chi connectivity index (χ2n) is 8.54.